The topological polar surface area (TPSA) is 84.2 Å². The Kier molecular flexibility index (Phi) is 4.54. The molecule has 3 aromatic rings. The maximum atomic E-state index is 12.0. The van der Waals surface area contributed by atoms with Gasteiger partial charge in [-0.2, -0.15) is 0 Å². The van der Waals surface area contributed by atoms with Gasteiger partial charge in [0.05, 0.1) is 11.4 Å². The van der Waals surface area contributed by atoms with E-state index in [1.54, 1.807) is 18.2 Å². The first-order valence-corrected chi connectivity index (χ1v) is 8.51. The van der Waals surface area contributed by atoms with Crippen LogP contribution >= 0.6 is 22.7 Å². The molecule has 8 heteroatoms. The zero-order valence-electron chi connectivity index (χ0n) is 12.2. The average Bonchev–Trinajstić information content (AvgIpc) is 3.25. The standard InChI is InChI=1S/C15H13N3O3S2/c1-9(19)16-7-10-4-5-12(21-10)11-8-23-15(17-11)18-14(20)13-3-2-6-22-13/h2-6,8H,7H2,1H3,(H,16,19)(H,17,18,20). The Morgan fingerprint density at radius 3 is 2.87 bits per heavy atom. The van der Waals surface area contributed by atoms with E-state index in [1.165, 1.54) is 29.6 Å². The molecule has 0 saturated heterocycles. The Bertz CT molecular complexity index is 821. The van der Waals surface area contributed by atoms with Gasteiger partial charge in [0.15, 0.2) is 10.9 Å². The number of thiophene rings is 1. The third-order valence-electron chi connectivity index (χ3n) is 2.90. The summed E-state index contributed by atoms with van der Waals surface area (Å²) >= 11 is 2.71. The summed E-state index contributed by atoms with van der Waals surface area (Å²) in [5, 5.41) is 9.60. The Balaban J connectivity index is 1.67. The lowest BCUT2D eigenvalue weighted by Gasteiger charge is -1.98. The number of anilines is 1. The van der Waals surface area contributed by atoms with Crippen molar-refractivity contribution in [1.82, 2.24) is 10.3 Å². The van der Waals surface area contributed by atoms with Crippen LogP contribution in [-0.4, -0.2) is 16.8 Å². The summed E-state index contributed by atoms with van der Waals surface area (Å²) in [6.07, 6.45) is 0. The van der Waals surface area contributed by atoms with Crippen molar-refractivity contribution in [3.8, 4) is 11.5 Å². The van der Waals surface area contributed by atoms with Gasteiger partial charge in [-0.05, 0) is 23.6 Å². The highest BCUT2D eigenvalue weighted by atomic mass is 32.1. The fourth-order valence-corrected chi connectivity index (χ4v) is 3.15. The minimum absolute atomic E-state index is 0.116. The van der Waals surface area contributed by atoms with Gasteiger partial charge in [0.25, 0.3) is 5.91 Å². The number of aromatic nitrogens is 1. The highest BCUT2D eigenvalue weighted by molar-refractivity contribution is 7.14. The van der Waals surface area contributed by atoms with Crippen LogP contribution in [0.25, 0.3) is 11.5 Å². The number of nitrogens with one attached hydrogen (secondary N) is 2. The van der Waals surface area contributed by atoms with Gasteiger partial charge in [0.2, 0.25) is 5.91 Å². The number of hydrogen-bond donors (Lipinski definition) is 2. The van der Waals surface area contributed by atoms with Gasteiger partial charge in [-0.3, -0.25) is 14.9 Å². The predicted octanol–water partition coefficient (Wildman–Crippen LogP) is 3.35. The smallest absolute Gasteiger partial charge is 0.267 e. The van der Waals surface area contributed by atoms with E-state index in [-0.39, 0.29) is 11.8 Å². The Morgan fingerprint density at radius 1 is 1.26 bits per heavy atom. The molecule has 0 bridgehead atoms. The molecule has 118 valence electrons. The largest absolute Gasteiger partial charge is 0.458 e. The van der Waals surface area contributed by atoms with Crippen LogP contribution in [0.1, 0.15) is 22.4 Å². The van der Waals surface area contributed by atoms with Crippen molar-refractivity contribution in [2.45, 2.75) is 13.5 Å². The van der Waals surface area contributed by atoms with Crippen molar-refractivity contribution < 1.29 is 14.0 Å². The molecule has 3 aromatic heterocycles. The number of carbonyl (C=O) groups excluding carboxylic acids is 2. The lowest BCUT2D eigenvalue weighted by molar-refractivity contribution is -0.119. The molecule has 0 aromatic carbocycles. The molecule has 0 fully saturated rings. The third-order valence-corrected chi connectivity index (χ3v) is 4.52. The summed E-state index contributed by atoms with van der Waals surface area (Å²) in [6, 6.07) is 7.16. The molecule has 0 aliphatic carbocycles. The van der Waals surface area contributed by atoms with E-state index < -0.39 is 0 Å². The number of thiazole rings is 1. The molecular weight excluding hydrogens is 334 g/mol. The van der Waals surface area contributed by atoms with E-state index in [2.05, 4.69) is 15.6 Å². The first-order chi connectivity index (χ1) is 11.1. The van der Waals surface area contributed by atoms with E-state index in [1.807, 2.05) is 16.8 Å². The van der Waals surface area contributed by atoms with Gasteiger partial charge in [-0.1, -0.05) is 6.07 Å². The van der Waals surface area contributed by atoms with Crippen LogP contribution in [0.4, 0.5) is 5.13 Å². The third kappa shape index (κ3) is 3.85. The maximum Gasteiger partial charge on any atom is 0.267 e. The first-order valence-electron chi connectivity index (χ1n) is 6.76. The van der Waals surface area contributed by atoms with Crippen molar-refractivity contribution in [1.29, 1.82) is 0 Å². The molecule has 0 saturated carbocycles. The summed E-state index contributed by atoms with van der Waals surface area (Å²) < 4.78 is 5.63. The molecule has 0 radical (unpaired) electrons. The van der Waals surface area contributed by atoms with E-state index in [0.29, 0.717) is 33.8 Å². The summed E-state index contributed by atoms with van der Waals surface area (Å²) in [5.74, 6) is 0.951. The summed E-state index contributed by atoms with van der Waals surface area (Å²) in [7, 11) is 0. The average molecular weight is 347 g/mol. The molecule has 3 rings (SSSR count). The van der Waals surface area contributed by atoms with Crippen LogP contribution in [0.15, 0.2) is 39.4 Å². The van der Waals surface area contributed by atoms with Gasteiger partial charge in [0, 0.05) is 12.3 Å². The quantitative estimate of drug-likeness (QED) is 0.741. The Hall–Kier alpha value is -2.45. The van der Waals surface area contributed by atoms with Crippen LogP contribution in [0, 0.1) is 0 Å². The van der Waals surface area contributed by atoms with Crippen molar-refractivity contribution in [2.75, 3.05) is 5.32 Å². The molecule has 0 aliphatic heterocycles. The number of amides is 2. The molecule has 0 spiro atoms. The maximum absolute atomic E-state index is 12.0. The van der Waals surface area contributed by atoms with E-state index in [0.717, 1.165) is 0 Å². The highest BCUT2D eigenvalue weighted by Gasteiger charge is 2.12. The predicted molar refractivity (Wildman–Crippen MR) is 89.6 cm³/mol. The van der Waals surface area contributed by atoms with Gasteiger partial charge >= 0.3 is 0 Å². The van der Waals surface area contributed by atoms with E-state index in [9.17, 15) is 9.59 Å². The first kappa shape index (κ1) is 15.4. The molecule has 2 N–H and O–H groups in total. The summed E-state index contributed by atoms with van der Waals surface area (Å²) in [5.41, 5.74) is 0.644. The van der Waals surface area contributed by atoms with E-state index >= 15 is 0 Å². The highest BCUT2D eigenvalue weighted by Crippen LogP contribution is 2.27. The van der Waals surface area contributed by atoms with E-state index in [4.69, 9.17) is 4.42 Å². The Labute approximate surface area is 140 Å². The number of carbonyl (C=O) groups is 2. The fraction of sp³-hybridized carbons (Fsp3) is 0.133. The summed E-state index contributed by atoms with van der Waals surface area (Å²) in [6.45, 7) is 1.79. The van der Waals surface area contributed by atoms with Gasteiger partial charge in [-0.25, -0.2) is 4.98 Å². The fourth-order valence-electron chi connectivity index (χ4n) is 1.83. The number of furan rings is 1. The monoisotopic (exact) mass is 347 g/mol. The molecule has 2 amide bonds. The number of rotatable bonds is 5. The molecule has 0 aliphatic rings. The second-order valence-electron chi connectivity index (χ2n) is 4.65. The molecule has 6 nitrogen and oxygen atoms in total. The van der Waals surface area contributed by atoms with Crippen molar-refractivity contribution in [3.05, 3.63) is 45.7 Å². The van der Waals surface area contributed by atoms with Crippen LogP contribution in [0.2, 0.25) is 0 Å². The lowest BCUT2D eigenvalue weighted by atomic mass is 10.3. The molecule has 3 heterocycles. The molecule has 0 unspecified atom stereocenters. The minimum Gasteiger partial charge on any atom is -0.458 e. The molecule has 23 heavy (non-hydrogen) atoms. The van der Waals surface area contributed by atoms with Gasteiger partial charge in [-0.15, -0.1) is 22.7 Å². The van der Waals surface area contributed by atoms with Crippen LogP contribution in [0.3, 0.4) is 0 Å². The van der Waals surface area contributed by atoms with Crippen LogP contribution < -0.4 is 10.6 Å². The minimum atomic E-state index is -0.174. The number of nitrogens with zero attached hydrogens (tertiary/aromatic N) is 1. The van der Waals surface area contributed by atoms with Gasteiger partial charge < -0.3 is 9.73 Å². The second kappa shape index (κ2) is 6.76. The second-order valence-corrected chi connectivity index (χ2v) is 6.45. The zero-order chi connectivity index (χ0) is 16.2. The molecular formula is C15H13N3O3S2. The lowest BCUT2D eigenvalue weighted by Crippen LogP contribution is -2.18. The zero-order valence-corrected chi connectivity index (χ0v) is 13.8. The van der Waals surface area contributed by atoms with Crippen LogP contribution in [-0.2, 0) is 11.3 Å². The Morgan fingerprint density at radius 2 is 2.13 bits per heavy atom. The van der Waals surface area contributed by atoms with Gasteiger partial charge in [0.1, 0.15) is 11.5 Å². The van der Waals surface area contributed by atoms with Crippen molar-refractivity contribution in [2.24, 2.45) is 0 Å². The summed E-state index contributed by atoms with van der Waals surface area (Å²) in [4.78, 5) is 27.9. The van der Waals surface area contributed by atoms with Crippen LogP contribution in [0.5, 0.6) is 0 Å². The number of hydrogen-bond acceptors (Lipinski definition) is 6. The normalized spacial score (nSPS) is 10.5. The SMILES string of the molecule is CC(=O)NCc1ccc(-c2csc(NC(=O)c3cccs3)n2)o1. The molecule has 0 atom stereocenters. The van der Waals surface area contributed by atoms with Crippen molar-refractivity contribution in [3.63, 3.8) is 0 Å². The van der Waals surface area contributed by atoms with Crippen molar-refractivity contribution >= 4 is 39.6 Å².